The van der Waals surface area contributed by atoms with Crippen molar-refractivity contribution in [1.82, 2.24) is 20.1 Å². The molecular formula is C15H22N4. The maximum Gasteiger partial charge on any atom is 0.0609 e. The Hall–Kier alpha value is -1.68. The van der Waals surface area contributed by atoms with Crippen molar-refractivity contribution in [3.63, 3.8) is 0 Å². The highest BCUT2D eigenvalue weighted by Crippen LogP contribution is 2.21. The number of rotatable bonds is 6. The summed E-state index contributed by atoms with van der Waals surface area (Å²) in [5.74, 6) is 0. The van der Waals surface area contributed by atoms with Crippen LogP contribution in [-0.4, -0.2) is 21.3 Å². The normalized spacial score (nSPS) is 12.6. The third-order valence-corrected chi connectivity index (χ3v) is 3.10. The summed E-state index contributed by atoms with van der Waals surface area (Å²) < 4.78 is 2.01. The van der Waals surface area contributed by atoms with Crippen LogP contribution in [0, 0.1) is 6.92 Å². The molecule has 4 heteroatoms. The summed E-state index contributed by atoms with van der Waals surface area (Å²) in [7, 11) is 0. The van der Waals surface area contributed by atoms with Crippen LogP contribution in [0.25, 0.3) is 0 Å². The largest absolute Gasteiger partial charge is 0.306 e. The van der Waals surface area contributed by atoms with Crippen LogP contribution in [0.2, 0.25) is 0 Å². The van der Waals surface area contributed by atoms with Gasteiger partial charge in [0.25, 0.3) is 0 Å². The van der Waals surface area contributed by atoms with Gasteiger partial charge in [0.2, 0.25) is 0 Å². The molecule has 2 heterocycles. The second kappa shape index (κ2) is 6.48. The lowest BCUT2D eigenvalue weighted by Gasteiger charge is -2.17. The van der Waals surface area contributed by atoms with E-state index in [1.54, 1.807) is 0 Å². The Morgan fingerprint density at radius 1 is 1.32 bits per heavy atom. The van der Waals surface area contributed by atoms with E-state index in [2.05, 4.69) is 47.6 Å². The highest BCUT2D eigenvalue weighted by atomic mass is 15.3. The monoisotopic (exact) mass is 258 g/mol. The molecule has 1 atom stereocenters. The molecular weight excluding hydrogens is 236 g/mol. The molecule has 1 N–H and O–H groups in total. The van der Waals surface area contributed by atoms with Crippen molar-refractivity contribution in [3.05, 3.63) is 47.5 Å². The average molecular weight is 258 g/mol. The van der Waals surface area contributed by atoms with Crippen LogP contribution in [0.4, 0.5) is 0 Å². The van der Waals surface area contributed by atoms with E-state index in [0.29, 0.717) is 0 Å². The van der Waals surface area contributed by atoms with Crippen molar-refractivity contribution < 1.29 is 0 Å². The van der Waals surface area contributed by atoms with Crippen LogP contribution in [0.3, 0.4) is 0 Å². The highest BCUT2D eigenvalue weighted by Gasteiger charge is 2.15. The topological polar surface area (TPSA) is 42.7 Å². The molecule has 0 aliphatic heterocycles. The van der Waals surface area contributed by atoms with Crippen LogP contribution in [0.15, 0.2) is 30.7 Å². The number of aryl methyl sites for hydroxylation is 2. The van der Waals surface area contributed by atoms with E-state index in [-0.39, 0.29) is 6.04 Å². The first kappa shape index (κ1) is 13.7. The SMILES string of the molecule is CCCn1cc(C(NCC)c2ccnc(C)c2)cn1. The second-order valence-electron chi connectivity index (χ2n) is 4.76. The van der Waals surface area contributed by atoms with Gasteiger partial charge in [0.15, 0.2) is 0 Å². The van der Waals surface area contributed by atoms with Crippen LogP contribution >= 0.6 is 0 Å². The van der Waals surface area contributed by atoms with Crippen molar-refractivity contribution in [2.75, 3.05) is 6.54 Å². The Balaban J connectivity index is 2.28. The fraction of sp³-hybridized carbons (Fsp3) is 0.467. The summed E-state index contributed by atoms with van der Waals surface area (Å²) >= 11 is 0. The molecule has 0 aliphatic carbocycles. The van der Waals surface area contributed by atoms with Crippen molar-refractivity contribution in [3.8, 4) is 0 Å². The predicted octanol–water partition coefficient (Wildman–Crippen LogP) is 2.70. The third-order valence-electron chi connectivity index (χ3n) is 3.10. The van der Waals surface area contributed by atoms with Crippen molar-refractivity contribution >= 4 is 0 Å². The van der Waals surface area contributed by atoms with E-state index in [1.165, 1.54) is 11.1 Å². The van der Waals surface area contributed by atoms with Gasteiger partial charge in [-0.3, -0.25) is 9.67 Å². The smallest absolute Gasteiger partial charge is 0.0609 e. The molecule has 2 aromatic heterocycles. The molecule has 0 radical (unpaired) electrons. The van der Waals surface area contributed by atoms with Gasteiger partial charge in [-0.15, -0.1) is 0 Å². The van der Waals surface area contributed by atoms with Crippen LogP contribution < -0.4 is 5.32 Å². The minimum Gasteiger partial charge on any atom is -0.306 e. The van der Waals surface area contributed by atoms with Gasteiger partial charge in [0, 0.05) is 30.2 Å². The maximum absolute atomic E-state index is 4.42. The Kier molecular flexibility index (Phi) is 4.68. The Bertz CT molecular complexity index is 518. The summed E-state index contributed by atoms with van der Waals surface area (Å²) in [5.41, 5.74) is 3.49. The Morgan fingerprint density at radius 2 is 2.16 bits per heavy atom. The molecule has 19 heavy (non-hydrogen) atoms. The number of nitrogens with one attached hydrogen (secondary N) is 1. The number of hydrogen-bond acceptors (Lipinski definition) is 3. The first-order valence-electron chi connectivity index (χ1n) is 6.92. The van der Waals surface area contributed by atoms with Crippen molar-refractivity contribution in [1.29, 1.82) is 0 Å². The third kappa shape index (κ3) is 3.41. The van der Waals surface area contributed by atoms with Gasteiger partial charge in [0.1, 0.15) is 0 Å². The fourth-order valence-electron chi connectivity index (χ4n) is 2.26. The summed E-state index contributed by atoms with van der Waals surface area (Å²) in [5, 5.41) is 7.93. The molecule has 0 amide bonds. The summed E-state index contributed by atoms with van der Waals surface area (Å²) in [4.78, 5) is 4.26. The number of nitrogens with zero attached hydrogens (tertiary/aromatic N) is 3. The lowest BCUT2D eigenvalue weighted by Crippen LogP contribution is -2.21. The van der Waals surface area contributed by atoms with Gasteiger partial charge in [-0.2, -0.15) is 5.10 Å². The molecule has 0 spiro atoms. The van der Waals surface area contributed by atoms with Crippen LogP contribution in [0.1, 0.15) is 43.1 Å². The maximum atomic E-state index is 4.42. The van der Waals surface area contributed by atoms with Crippen LogP contribution in [-0.2, 0) is 6.54 Å². The van der Waals surface area contributed by atoms with E-state index >= 15 is 0 Å². The predicted molar refractivity (Wildman–Crippen MR) is 77.0 cm³/mol. The molecule has 0 aliphatic rings. The molecule has 1 unspecified atom stereocenters. The molecule has 4 nitrogen and oxygen atoms in total. The number of hydrogen-bond donors (Lipinski definition) is 1. The quantitative estimate of drug-likeness (QED) is 0.866. The number of pyridine rings is 1. The van der Waals surface area contributed by atoms with Gasteiger partial charge in [-0.1, -0.05) is 13.8 Å². The standard InChI is InChI=1S/C15H22N4/c1-4-8-19-11-14(10-18-19)15(16-5-2)13-6-7-17-12(3)9-13/h6-7,9-11,15-16H,4-5,8H2,1-3H3. The molecule has 0 aromatic carbocycles. The van der Waals surface area contributed by atoms with Gasteiger partial charge in [-0.05, 0) is 37.6 Å². The van der Waals surface area contributed by atoms with Gasteiger partial charge >= 0.3 is 0 Å². The molecule has 0 fully saturated rings. The fourth-order valence-corrected chi connectivity index (χ4v) is 2.26. The summed E-state index contributed by atoms with van der Waals surface area (Å²) in [6, 6.07) is 4.39. The lowest BCUT2D eigenvalue weighted by atomic mass is 10.0. The first-order valence-corrected chi connectivity index (χ1v) is 6.92. The zero-order valence-corrected chi connectivity index (χ0v) is 11.9. The lowest BCUT2D eigenvalue weighted by molar-refractivity contribution is 0.597. The molecule has 2 aromatic rings. The summed E-state index contributed by atoms with van der Waals surface area (Å²) in [6.07, 6.45) is 7.05. The van der Waals surface area contributed by atoms with E-state index in [9.17, 15) is 0 Å². The average Bonchev–Trinajstić information content (AvgIpc) is 2.85. The molecule has 102 valence electrons. The minimum atomic E-state index is 0.192. The van der Waals surface area contributed by atoms with E-state index in [0.717, 1.165) is 25.2 Å². The van der Waals surface area contributed by atoms with Crippen LogP contribution in [0.5, 0.6) is 0 Å². The Morgan fingerprint density at radius 3 is 2.84 bits per heavy atom. The zero-order chi connectivity index (χ0) is 13.7. The first-order chi connectivity index (χ1) is 9.24. The van der Waals surface area contributed by atoms with E-state index in [1.807, 2.05) is 24.0 Å². The molecule has 0 saturated carbocycles. The molecule has 0 saturated heterocycles. The summed E-state index contributed by atoms with van der Waals surface area (Å²) in [6.45, 7) is 8.19. The highest BCUT2D eigenvalue weighted by molar-refractivity contribution is 5.29. The second-order valence-corrected chi connectivity index (χ2v) is 4.76. The Labute approximate surface area is 114 Å². The minimum absolute atomic E-state index is 0.192. The van der Waals surface area contributed by atoms with Gasteiger partial charge in [0.05, 0.1) is 12.2 Å². The van der Waals surface area contributed by atoms with Crippen molar-refractivity contribution in [2.45, 2.75) is 39.8 Å². The zero-order valence-electron chi connectivity index (χ0n) is 11.9. The molecule has 2 rings (SSSR count). The van der Waals surface area contributed by atoms with Gasteiger partial charge < -0.3 is 5.32 Å². The van der Waals surface area contributed by atoms with Crippen molar-refractivity contribution in [2.24, 2.45) is 0 Å². The van der Waals surface area contributed by atoms with E-state index < -0.39 is 0 Å². The number of aromatic nitrogens is 3. The van der Waals surface area contributed by atoms with Gasteiger partial charge in [-0.25, -0.2) is 0 Å². The van der Waals surface area contributed by atoms with E-state index in [4.69, 9.17) is 0 Å². The molecule has 0 bridgehead atoms.